The quantitative estimate of drug-likeness (QED) is 0.0960. The lowest BCUT2D eigenvalue weighted by atomic mass is 9.88. The smallest absolute Gasteiger partial charge is 0.173 e. The summed E-state index contributed by atoms with van der Waals surface area (Å²) in [6.45, 7) is 3.70. The molecule has 0 aliphatic heterocycles. The Morgan fingerprint density at radius 2 is 1.27 bits per heavy atom. The van der Waals surface area contributed by atoms with E-state index in [1.54, 1.807) is 24.3 Å². The third kappa shape index (κ3) is 12.1. The Balaban J connectivity index is 2.23. The van der Waals surface area contributed by atoms with Crippen LogP contribution < -0.4 is 0 Å². The van der Waals surface area contributed by atoms with E-state index >= 15 is 0 Å². The maximum atomic E-state index is 12.7. The van der Waals surface area contributed by atoms with Gasteiger partial charge in [0.25, 0.3) is 0 Å². The van der Waals surface area contributed by atoms with E-state index < -0.39 is 10.3 Å². The maximum absolute atomic E-state index is 12.7. The van der Waals surface area contributed by atoms with Gasteiger partial charge in [-0.1, -0.05) is 114 Å². The Kier molecular flexibility index (Phi) is 14.4. The first-order valence-electron chi connectivity index (χ1n) is 11.8. The molecular weight excluding hydrogens is 415 g/mol. The van der Waals surface area contributed by atoms with Crippen LogP contribution in [0.4, 0.5) is 0 Å². The Hall–Kier alpha value is -0.860. The van der Waals surface area contributed by atoms with Crippen LogP contribution in [0.5, 0.6) is 0 Å². The molecule has 1 aromatic carbocycles. The molecule has 0 amide bonds. The standard InChI is InChI=1S/C26H40Cl2O2/c1-3-4-5-6-7-8-9-10-11-12-13-17-20-26(27,28)21-24(22(2)29)25(30)23-18-15-14-16-19-23/h14-16,18-19,24H,3-13,17,20-21H2,1-2H3. The summed E-state index contributed by atoms with van der Waals surface area (Å²) in [5.41, 5.74) is 0.534. The van der Waals surface area contributed by atoms with E-state index in [0.29, 0.717) is 12.0 Å². The van der Waals surface area contributed by atoms with Gasteiger partial charge in [-0.2, -0.15) is 0 Å². The number of carbonyl (C=O) groups excluding carboxylic acids is 2. The lowest BCUT2D eigenvalue weighted by molar-refractivity contribution is -0.119. The summed E-state index contributed by atoms with van der Waals surface area (Å²) in [5, 5.41) is 0. The number of alkyl halides is 2. The average molecular weight is 456 g/mol. The largest absolute Gasteiger partial charge is 0.299 e. The number of Topliss-reactive ketones (excluding diaryl/α,β-unsaturated/α-hetero) is 2. The van der Waals surface area contributed by atoms with Crippen molar-refractivity contribution in [2.24, 2.45) is 5.92 Å². The predicted molar refractivity (Wildman–Crippen MR) is 130 cm³/mol. The number of halogens is 2. The molecule has 0 fully saturated rings. The summed E-state index contributed by atoms with van der Waals surface area (Å²) in [6.07, 6.45) is 16.1. The Morgan fingerprint density at radius 1 is 0.800 bits per heavy atom. The Bertz CT molecular complexity index is 598. The normalized spacial score (nSPS) is 12.7. The van der Waals surface area contributed by atoms with Crippen LogP contribution >= 0.6 is 23.2 Å². The van der Waals surface area contributed by atoms with Gasteiger partial charge >= 0.3 is 0 Å². The molecule has 0 aliphatic rings. The molecule has 0 bridgehead atoms. The molecule has 0 radical (unpaired) electrons. The molecule has 0 aromatic heterocycles. The van der Waals surface area contributed by atoms with Gasteiger partial charge in [-0.05, 0) is 19.8 Å². The molecule has 0 saturated carbocycles. The molecule has 30 heavy (non-hydrogen) atoms. The second-order valence-corrected chi connectivity index (χ2v) is 10.2. The van der Waals surface area contributed by atoms with Crippen LogP contribution in [0.25, 0.3) is 0 Å². The van der Waals surface area contributed by atoms with Gasteiger partial charge in [0.05, 0.1) is 5.92 Å². The zero-order chi connectivity index (χ0) is 22.2. The monoisotopic (exact) mass is 454 g/mol. The van der Waals surface area contributed by atoms with E-state index in [2.05, 4.69) is 6.92 Å². The third-order valence-electron chi connectivity index (χ3n) is 5.76. The topological polar surface area (TPSA) is 34.1 Å². The fraction of sp³-hybridized carbons (Fsp3) is 0.692. The minimum atomic E-state index is -1.04. The van der Waals surface area contributed by atoms with E-state index in [9.17, 15) is 9.59 Å². The number of hydrogen-bond acceptors (Lipinski definition) is 2. The van der Waals surface area contributed by atoms with Crippen molar-refractivity contribution in [2.45, 2.75) is 108 Å². The second kappa shape index (κ2) is 15.9. The third-order valence-corrected chi connectivity index (χ3v) is 6.45. The van der Waals surface area contributed by atoms with Crippen molar-refractivity contribution in [3.8, 4) is 0 Å². The zero-order valence-corrected chi connectivity index (χ0v) is 20.4. The van der Waals surface area contributed by atoms with Crippen molar-refractivity contribution < 1.29 is 9.59 Å². The molecule has 0 saturated heterocycles. The fourth-order valence-electron chi connectivity index (χ4n) is 3.85. The molecule has 1 rings (SSSR count). The number of benzene rings is 1. The van der Waals surface area contributed by atoms with E-state index in [4.69, 9.17) is 23.2 Å². The molecular formula is C26H40Cl2O2. The highest BCUT2D eigenvalue weighted by atomic mass is 35.5. The summed E-state index contributed by atoms with van der Waals surface area (Å²) in [7, 11) is 0. The molecule has 2 nitrogen and oxygen atoms in total. The molecule has 170 valence electrons. The molecule has 0 N–H and O–H groups in total. The van der Waals surface area contributed by atoms with Gasteiger partial charge in [-0.3, -0.25) is 9.59 Å². The Labute approximate surface area is 194 Å². The number of rotatable bonds is 18. The van der Waals surface area contributed by atoms with Gasteiger partial charge in [0.1, 0.15) is 10.1 Å². The van der Waals surface area contributed by atoms with E-state index in [1.807, 2.05) is 6.07 Å². The first-order valence-corrected chi connectivity index (χ1v) is 12.6. The van der Waals surface area contributed by atoms with E-state index in [0.717, 1.165) is 12.8 Å². The van der Waals surface area contributed by atoms with E-state index in [1.165, 1.54) is 71.1 Å². The summed E-state index contributed by atoms with van der Waals surface area (Å²) in [5.74, 6) is -1.15. The summed E-state index contributed by atoms with van der Waals surface area (Å²) in [6, 6.07) is 8.90. The number of unbranched alkanes of at least 4 members (excludes halogenated alkanes) is 11. The van der Waals surface area contributed by atoms with Crippen LogP contribution in [-0.2, 0) is 4.79 Å². The highest BCUT2D eigenvalue weighted by Gasteiger charge is 2.34. The number of carbonyl (C=O) groups is 2. The number of ketones is 2. The highest BCUT2D eigenvalue weighted by Crippen LogP contribution is 2.36. The SMILES string of the molecule is CCCCCCCCCCCCCCC(Cl)(Cl)CC(C(C)=O)C(=O)c1ccccc1. The van der Waals surface area contributed by atoms with Crippen molar-refractivity contribution in [2.75, 3.05) is 0 Å². The maximum Gasteiger partial charge on any atom is 0.173 e. The summed E-state index contributed by atoms with van der Waals surface area (Å²) >= 11 is 13.0. The van der Waals surface area contributed by atoms with E-state index in [-0.39, 0.29) is 18.0 Å². The van der Waals surface area contributed by atoms with Gasteiger partial charge in [-0.15, -0.1) is 23.2 Å². The fourth-order valence-corrected chi connectivity index (χ4v) is 4.43. The molecule has 0 aliphatic carbocycles. The van der Waals surface area contributed by atoms with Gasteiger partial charge in [-0.25, -0.2) is 0 Å². The summed E-state index contributed by atoms with van der Waals surface area (Å²) < 4.78 is -1.04. The van der Waals surface area contributed by atoms with Crippen molar-refractivity contribution in [3.05, 3.63) is 35.9 Å². The van der Waals surface area contributed by atoms with Gasteiger partial charge in [0.15, 0.2) is 5.78 Å². The van der Waals surface area contributed by atoms with Gasteiger partial charge in [0.2, 0.25) is 0 Å². The molecule has 0 spiro atoms. The van der Waals surface area contributed by atoms with Crippen LogP contribution in [0.2, 0.25) is 0 Å². The molecule has 1 aromatic rings. The summed E-state index contributed by atoms with van der Waals surface area (Å²) in [4.78, 5) is 24.8. The molecule has 1 unspecified atom stereocenters. The van der Waals surface area contributed by atoms with Crippen LogP contribution in [0, 0.1) is 5.92 Å². The minimum Gasteiger partial charge on any atom is -0.299 e. The van der Waals surface area contributed by atoms with Gasteiger partial charge in [0, 0.05) is 5.56 Å². The zero-order valence-electron chi connectivity index (χ0n) is 18.9. The van der Waals surface area contributed by atoms with Crippen LogP contribution in [0.3, 0.4) is 0 Å². The predicted octanol–water partition coefficient (Wildman–Crippen LogP) is 8.73. The van der Waals surface area contributed by atoms with Crippen LogP contribution in [0.1, 0.15) is 114 Å². The Morgan fingerprint density at radius 3 is 1.73 bits per heavy atom. The van der Waals surface area contributed by atoms with Crippen molar-refractivity contribution in [3.63, 3.8) is 0 Å². The minimum absolute atomic E-state index is 0.177. The second-order valence-electron chi connectivity index (χ2n) is 8.59. The lowest BCUT2D eigenvalue weighted by Crippen LogP contribution is -2.29. The lowest BCUT2D eigenvalue weighted by Gasteiger charge is -2.24. The first kappa shape index (κ1) is 27.2. The van der Waals surface area contributed by atoms with Crippen molar-refractivity contribution in [1.29, 1.82) is 0 Å². The number of hydrogen-bond donors (Lipinski definition) is 0. The van der Waals surface area contributed by atoms with Crippen LogP contribution in [0.15, 0.2) is 30.3 Å². The van der Waals surface area contributed by atoms with Crippen molar-refractivity contribution in [1.82, 2.24) is 0 Å². The first-order chi connectivity index (χ1) is 14.4. The van der Waals surface area contributed by atoms with Crippen molar-refractivity contribution >= 4 is 34.8 Å². The molecule has 0 heterocycles. The molecule has 1 atom stereocenters. The van der Waals surface area contributed by atoms with Crippen LogP contribution in [-0.4, -0.2) is 15.9 Å². The highest BCUT2D eigenvalue weighted by molar-refractivity contribution is 6.48. The average Bonchev–Trinajstić information content (AvgIpc) is 2.73. The molecule has 4 heteroatoms. The van der Waals surface area contributed by atoms with Gasteiger partial charge < -0.3 is 0 Å².